The third kappa shape index (κ3) is 16.3. The molecule has 0 saturated heterocycles. The summed E-state index contributed by atoms with van der Waals surface area (Å²) in [4.78, 5) is 48.8. The molecule has 0 radical (unpaired) electrons. The van der Waals surface area contributed by atoms with Gasteiger partial charge in [0.1, 0.15) is 51.8 Å². The third-order valence-corrected chi connectivity index (χ3v) is 39.2. The van der Waals surface area contributed by atoms with E-state index in [2.05, 4.69) is 249 Å². The number of para-hydroxylation sites is 4. The van der Waals surface area contributed by atoms with Crippen LogP contribution < -0.4 is 0 Å². The Labute approximate surface area is 824 Å². The molecule has 0 bridgehead atoms. The molecule has 0 amide bonds. The van der Waals surface area contributed by atoms with Crippen molar-refractivity contribution in [1.82, 2.24) is 75.0 Å². The molecule has 0 aliphatic heterocycles. The zero-order valence-electron chi connectivity index (χ0n) is 83.4. The molecule has 21 atom stereocenters. The molecule has 11 unspecified atom stereocenters. The van der Waals surface area contributed by atoms with Crippen LogP contribution in [0, 0.1) is 132 Å². The molecule has 0 spiro atoms. The fourth-order valence-electron chi connectivity index (χ4n) is 31.2. The second kappa shape index (κ2) is 38.0. The van der Waals surface area contributed by atoms with Gasteiger partial charge >= 0.3 is 5.97 Å². The van der Waals surface area contributed by atoms with Crippen LogP contribution in [-0.4, -0.2) is 117 Å². The van der Waals surface area contributed by atoms with Crippen molar-refractivity contribution in [3.05, 3.63) is 186 Å². The van der Waals surface area contributed by atoms with Gasteiger partial charge in [-0.3, -0.25) is 19.2 Å². The minimum atomic E-state index is -0.147. The lowest BCUT2D eigenvalue weighted by Gasteiger charge is -2.57. The average Bonchev–Trinajstić information content (AvgIpc) is 1.52. The zero-order valence-corrected chi connectivity index (χ0v) is 83.4. The van der Waals surface area contributed by atoms with Crippen LogP contribution in [0.3, 0.4) is 0 Å². The number of aliphatic hydroxyl groups is 1. The van der Waals surface area contributed by atoms with Gasteiger partial charge in [-0.05, 0) is 307 Å². The van der Waals surface area contributed by atoms with Crippen molar-refractivity contribution in [2.24, 2.45) is 132 Å². The number of benzene rings is 5. The molecule has 5 aromatic carbocycles. The molecule has 6 saturated carbocycles. The van der Waals surface area contributed by atoms with E-state index < -0.39 is 0 Å². The van der Waals surface area contributed by atoms with Crippen molar-refractivity contribution in [2.75, 3.05) is 0 Å². The second-order valence-electron chi connectivity index (χ2n) is 46.6. The number of aliphatic hydroxyl groups excluding tert-OH is 1. The minimum Gasteiger partial charge on any atom is -0.462 e. The van der Waals surface area contributed by atoms with E-state index in [-0.39, 0.29) is 78.4 Å². The number of carbonyl (C=O) groups excluding carboxylic acids is 4. The van der Waals surface area contributed by atoms with Crippen molar-refractivity contribution >= 4 is 108 Å². The number of rotatable bonds is 12. The highest BCUT2D eigenvalue weighted by Crippen LogP contribution is 2.71. The van der Waals surface area contributed by atoms with Gasteiger partial charge in [0.05, 0.1) is 39.6 Å². The first-order valence-corrected chi connectivity index (χ1v) is 51.7. The molecule has 10 aromatic rings. The van der Waals surface area contributed by atoms with Crippen molar-refractivity contribution in [2.45, 2.75) is 300 Å². The van der Waals surface area contributed by atoms with Crippen LogP contribution in [0.25, 0.3) is 83.7 Å². The number of hydrogen-bond donors (Lipinski definition) is 1. The Bertz CT molecular complexity index is 6570. The van der Waals surface area contributed by atoms with Gasteiger partial charge < -0.3 is 9.84 Å². The van der Waals surface area contributed by atoms with E-state index in [1.165, 1.54) is 81.0 Å². The predicted octanol–water partition coefficient (Wildman–Crippen LogP) is 26.7. The van der Waals surface area contributed by atoms with E-state index in [0.29, 0.717) is 76.3 Å². The Morgan fingerprint density at radius 2 is 0.755 bits per heavy atom. The summed E-state index contributed by atoms with van der Waals surface area (Å²) >= 11 is 0. The van der Waals surface area contributed by atoms with E-state index in [1.807, 2.05) is 89.6 Å². The summed E-state index contributed by atoms with van der Waals surface area (Å²) in [6, 6.07) is 40.7. The van der Waals surface area contributed by atoms with Gasteiger partial charge in [-0.2, -0.15) is 4.80 Å². The Morgan fingerprint density at radius 1 is 0.396 bits per heavy atom. The van der Waals surface area contributed by atoms with Gasteiger partial charge in [0.15, 0.2) is 5.78 Å². The molecule has 14 aliphatic carbocycles. The van der Waals surface area contributed by atoms with Crippen LogP contribution in [0.1, 0.15) is 288 Å². The van der Waals surface area contributed by atoms with Gasteiger partial charge in [-0.1, -0.05) is 262 Å². The number of ketones is 1. The molecule has 1 N–H and O–H groups in total. The first kappa shape index (κ1) is 100. The van der Waals surface area contributed by atoms with E-state index in [9.17, 15) is 24.3 Å². The largest absolute Gasteiger partial charge is 0.462 e. The molecule has 139 heavy (non-hydrogen) atoms. The summed E-state index contributed by atoms with van der Waals surface area (Å²) in [5.74, 6) is 9.26. The summed E-state index contributed by atoms with van der Waals surface area (Å²) in [6.07, 6.45) is 41.4. The van der Waals surface area contributed by atoms with Gasteiger partial charge in [0.2, 0.25) is 0 Å². The number of nitrogens with zero attached hydrogens (tertiary/aromatic N) is 15. The molecule has 21 heteroatoms. The number of aldehydes is 2. The first-order chi connectivity index (χ1) is 65.2. The average molecular weight is 1880 g/mol. The predicted molar refractivity (Wildman–Crippen MR) is 559 cm³/mol. The zero-order chi connectivity index (χ0) is 95.2. The number of fused-ring (bicyclic) bond motifs is 20. The van der Waals surface area contributed by atoms with Crippen LogP contribution in [0.2, 0.25) is 0 Å². The maximum absolute atomic E-state index is 12.0. The number of esters is 1. The summed E-state index contributed by atoms with van der Waals surface area (Å²) in [6.45, 7) is 38.9. The van der Waals surface area contributed by atoms with Gasteiger partial charge in [0, 0.05) is 75.1 Å². The van der Waals surface area contributed by atoms with E-state index in [4.69, 9.17) is 4.74 Å². The molecule has 6 fully saturated rings. The van der Waals surface area contributed by atoms with Crippen molar-refractivity contribution in [1.29, 1.82) is 0 Å². The van der Waals surface area contributed by atoms with Gasteiger partial charge in [-0.25, -0.2) is 18.7 Å². The third-order valence-electron chi connectivity index (χ3n) is 39.2. The normalized spacial score (nSPS) is 33.9. The van der Waals surface area contributed by atoms with Crippen LogP contribution in [-0.2, 0) is 23.9 Å². The Balaban J connectivity index is 0.000000120. The Hall–Kier alpha value is -10.5. The summed E-state index contributed by atoms with van der Waals surface area (Å²) < 4.78 is 13.9. The van der Waals surface area contributed by atoms with Crippen molar-refractivity contribution in [3.8, 4) is 0 Å². The fourth-order valence-corrected chi connectivity index (χ4v) is 31.2. The number of allylic oxidation sites excluding steroid dienone is 14. The second-order valence-corrected chi connectivity index (χ2v) is 46.6. The molecule has 5 heterocycles. The van der Waals surface area contributed by atoms with Gasteiger partial charge in [0.25, 0.3) is 0 Å². The van der Waals surface area contributed by atoms with Crippen LogP contribution in [0.4, 0.5) is 0 Å². The molecule has 24 rings (SSSR count). The van der Waals surface area contributed by atoms with Crippen LogP contribution >= 0.6 is 0 Å². The SMILES string of the molecule is C.C.C.CC(=O)O[C@H]1CC[C@@]2(C)C(=CCC3C2CC[C@]2(C)C(n4nnc5ccccc54)=CCC32)C1.CC(C)C1CC(C=O)=C(n2nc3ccccc3n2)[C@@]1(C)C(C)C.CC(C)C1CC(C=O)=C(n2nnc3ccccc32)[C@@]1(C)C(C)C.C[C@]12CCC(=O)C=C1CCC1C2CC[C@]2(C)C(n3nnc4ccccc43)=CCC12.C[C@]12CC[C@H](O)CC1=CCC1C2CC[C@]2(C)C(n3nnc4ccccc43)=CCC12. The molecule has 21 nitrogen and oxygen atoms in total. The smallest absolute Gasteiger partial charge is 0.302 e. The lowest BCUT2D eigenvalue weighted by Crippen LogP contribution is -2.50. The Morgan fingerprint density at radius 3 is 1.17 bits per heavy atom. The lowest BCUT2D eigenvalue weighted by atomic mass is 9.47. The number of ether oxygens (including phenoxy) is 1. The van der Waals surface area contributed by atoms with Crippen molar-refractivity contribution in [3.63, 3.8) is 0 Å². The maximum atomic E-state index is 12.0. The molecular weight excluding hydrogens is 1720 g/mol. The van der Waals surface area contributed by atoms with Crippen LogP contribution in [0.15, 0.2) is 186 Å². The molecule has 738 valence electrons. The monoisotopic (exact) mass is 1880 g/mol. The Kier molecular flexibility index (Phi) is 27.4. The highest BCUT2D eigenvalue weighted by Gasteiger charge is 2.63. The lowest BCUT2D eigenvalue weighted by molar-refractivity contribution is -0.148. The van der Waals surface area contributed by atoms with E-state index in [0.717, 1.165) is 210 Å². The minimum absolute atomic E-state index is 0. The molecular formula is C118H155N15O6. The summed E-state index contributed by atoms with van der Waals surface area (Å²) in [5.41, 5.74) is 23.3. The molecule has 5 aromatic heterocycles. The maximum Gasteiger partial charge on any atom is 0.302 e. The number of hydrogen-bond acceptors (Lipinski definition) is 16. The number of aromatic nitrogens is 15. The van der Waals surface area contributed by atoms with Crippen molar-refractivity contribution < 1.29 is 29.0 Å². The van der Waals surface area contributed by atoms with E-state index >= 15 is 0 Å². The fraction of sp³-hybridized carbons (Fsp3) is 0.576. The van der Waals surface area contributed by atoms with Gasteiger partial charge in [-0.15, -0.1) is 30.6 Å². The first-order valence-electron chi connectivity index (χ1n) is 51.7. The van der Waals surface area contributed by atoms with Crippen LogP contribution in [0.5, 0.6) is 0 Å². The summed E-state index contributed by atoms with van der Waals surface area (Å²) in [7, 11) is 0. The highest BCUT2D eigenvalue weighted by atomic mass is 16.5. The highest BCUT2D eigenvalue weighted by molar-refractivity contribution is 5.92. The van der Waals surface area contributed by atoms with E-state index in [1.54, 1.807) is 15.9 Å². The quantitative estimate of drug-likeness (QED) is 0.0678. The standard InChI is InChI=1S/C27H33N3O2.C25H31N3O.C25H29N3O.2C19H25N3O.3CH4/c1-17(31)32-19-12-14-26(2)18(16-19)8-9-20-21-10-11-25(27(21,3)15-13-22(20)26)30-24-7-5-4-6-23(24)28-29-30;2*1-24-13-11-17(29)15-16(24)7-8-18-19-9-10-23(25(19,2)14-12-20(18)24)28-22-6-4-3-5-21(22)26-27-28;1-12(2)15-10-14(11-23)18(19(15,5)13(3)4)22-17-9-7-6-8-16(17)20-21-22;1-12(2)15-10-14(11-23)18(19(15,5)13(3)4)22-20-16-8-6-7-9-17(16)21-22;;;/h4-8,11,19-22H,9-10,12-16H2,1-3H3;3-7,10,17-20,29H,8-9,11-15H2,1-2H3;3-6,10,15,18-20H,7-9,11-14H2,1-2H3;2*6-9,11-13,15H,10H2,1-5H3;3*1H4/t19-,20?,21?,22?,26-,27-;17-,18?,19?,20?,24-,25-;18?,19?,20?,24-,25-;2*15?,19-;;;/m00000.../s1. The number of carbonyl (C=O) groups is 4. The molecule has 14 aliphatic rings. The summed E-state index contributed by atoms with van der Waals surface area (Å²) in [5, 5.41) is 55.2. The topological polar surface area (TPSA) is 251 Å².